The zero-order valence-electron chi connectivity index (χ0n) is 10.5. The summed E-state index contributed by atoms with van der Waals surface area (Å²) in [6.07, 6.45) is 0. The van der Waals surface area contributed by atoms with Gasteiger partial charge in [-0.25, -0.2) is 0 Å². The molecule has 0 spiro atoms. The van der Waals surface area contributed by atoms with E-state index in [1.807, 2.05) is 61.5 Å². The predicted octanol–water partition coefficient (Wildman–Crippen LogP) is 4.50. The van der Waals surface area contributed by atoms with Gasteiger partial charge < -0.3 is 9.05 Å². The van der Waals surface area contributed by atoms with Crippen molar-refractivity contribution in [2.24, 2.45) is 0 Å². The summed E-state index contributed by atoms with van der Waals surface area (Å²) in [5, 5.41) is 0.926. The van der Waals surface area contributed by atoms with E-state index in [9.17, 15) is 0 Å². The van der Waals surface area contributed by atoms with Gasteiger partial charge in [-0.05, 0) is 55.1 Å². The third-order valence-electron chi connectivity index (χ3n) is 2.41. The molecular weight excluding hydrogens is 343 g/mol. The van der Waals surface area contributed by atoms with E-state index in [4.69, 9.17) is 20.9 Å². The molecule has 0 bridgehead atoms. The predicted molar refractivity (Wildman–Crippen MR) is 86.8 cm³/mol. The van der Waals surface area contributed by atoms with E-state index in [0.29, 0.717) is 6.61 Å². The van der Waals surface area contributed by atoms with E-state index in [-0.39, 0.29) is 0 Å². The maximum Gasteiger partial charge on any atom is 0.269 e. The lowest BCUT2D eigenvalue weighted by Gasteiger charge is -2.22. The maximum atomic E-state index is 5.97. The molecule has 2 rings (SSSR count). The molecule has 1 unspecified atom stereocenters. The summed E-state index contributed by atoms with van der Waals surface area (Å²) in [7, 11) is 0. The molecule has 0 radical (unpaired) electrons. The van der Waals surface area contributed by atoms with E-state index in [0.717, 1.165) is 15.5 Å². The van der Waals surface area contributed by atoms with Crippen LogP contribution in [0.1, 0.15) is 6.92 Å². The van der Waals surface area contributed by atoms with Crippen molar-refractivity contribution in [2.45, 2.75) is 6.92 Å². The Labute approximate surface area is 127 Å². The first-order chi connectivity index (χ1) is 9.14. The molecule has 19 heavy (non-hydrogen) atoms. The average molecular weight is 357 g/mol. The highest BCUT2D eigenvalue weighted by Crippen LogP contribution is 2.47. The molecule has 2 aromatic carbocycles. The Balaban J connectivity index is 2.30. The normalized spacial score (nSPS) is 13.8. The van der Waals surface area contributed by atoms with Crippen molar-refractivity contribution in [2.75, 3.05) is 6.61 Å². The van der Waals surface area contributed by atoms with Gasteiger partial charge in [0.2, 0.25) is 0 Å². The molecule has 0 aliphatic heterocycles. The number of rotatable bonds is 5. The van der Waals surface area contributed by atoms with Crippen molar-refractivity contribution in [3.8, 4) is 5.75 Å². The summed E-state index contributed by atoms with van der Waals surface area (Å²) >= 11 is 9.03. The Hall–Kier alpha value is -0.670. The van der Waals surface area contributed by atoms with E-state index in [2.05, 4.69) is 15.9 Å². The van der Waals surface area contributed by atoms with Crippen LogP contribution in [-0.2, 0) is 16.3 Å². The van der Waals surface area contributed by atoms with Crippen LogP contribution in [-0.4, -0.2) is 6.61 Å². The van der Waals surface area contributed by atoms with Gasteiger partial charge in [0.25, 0.3) is 6.49 Å². The van der Waals surface area contributed by atoms with Gasteiger partial charge in [0.05, 0.1) is 6.61 Å². The molecule has 100 valence electrons. The molecule has 0 amide bonds. The highest BCUT2D eigenvalue weighted by Gasteiger charge is 2.22. The zero-order valence-corrected chi connectivity index (χ0v) is 13.8. The van der Waals surface area contributed by atoms with Crippen molar-refractivity contribution in [1.82, 2.24) is 0 Å². The summed E-state index contributed by atoms with van der Waals surface area (Å²) in [6.45, 7) is -0.0347. The Morgan fingerprint density at radius 1 is 1.05 bits per heavy atom. The molecule has 1 atom stereocenters. The van der Waals surface area contributed by atoms with Crippen LogP contribution >= 0.6 is 22.4 Å². The fourth-order valence-corrected chi connectivity index (χ4v) is 4.36. The van der Waals surface area contributed by atoms with Gasteiger partial charge in [-0.2, -0.15) is 0 Å². The molecule has 2 nitrogen and oxygen atoms in total. The third-order valence-corrected chi connectivity index (χ3v) is 6.09. The SMILES string of the molecule is CCOP(=S)(Oc1ccc(Br)cc1)c1ccccc1. The largest absolute Gasteiger partial charge is 0.440 e. The Kier molecular flexibility index (Phi) is 5.17. The Bertz CT molecular complexity index is 572. The highest BCUT2D eigenvalue weighted by atomic mass is 79.9. The third kappa shape index (κ3) is 3.90. The minimum Gasteiger partial charge on any atom is -0.440 e. The van der Waals surface area contributed by atoms with E-state index in [1.165, 1.54) is 0 Å². The van der Waals surface area contributed by atoms with Gasteiger partial charge in [-0.15, -0.1) is 0 Å². The fraction of sp³-hybridized carbons (Fsp3) is 0.143. The quantitative estimate of drug-likeness (QED) is 0.735. The van der Waals surface area contributed by atoms with Crippen molar-refractivity contribution >= 4 is 39.5 Å². The van der Waals surface area contributed by atoms with Crippen LogP contribution < -0.4 is 9.83 Å². The van der Waals surface area contributed by atoms with Gasteiger partial charge in [0, 0.05) is 9.78 Å². The number of halogens is 1. The first kappa shape index (κ1) is 14.7. The van der Waals surface area contributed by atoms with E-state index in [1.54, 1.807) is 0 Å². The van der Waals surface area contributed by atoms with Gasteiger partial charge >= 0.3 is 0 Å². The first-order valence-electron chi connectivity index (χ1n) is 5.89. The van der Waals surface area contributed by atoms with Crippen LogP contribution in [0, 0.1) is 0 Å². The topological polar surface area (TPSA) is 18.5 Å². The van der Waals surface area contributed by atoms with Crippen molar-refractivity contribution in [3.63, 3.8) is 0 Å². The minimum atomic E-state index is -2.49. The van der Waals surface area contributed by atoms with Crippen molar-refractivity contribution in [3.05, 3.63) is 59.1 Å². The van der Waals surface area contributed by atoms with Crippen LogP contribution in [0.4, 0.5) is 0 Å². The van der Waals surface area contributed by atoms with Gasteiger partial charge in [-0.3, -0.25) is 0 Å². The standard InChI is InChI=1S/C14H14BrO2PS/c1-2-16-18(19,14-6-4-3-5-7-14)17-13-10-8-12(15)9-11-13/h3-11H,2H2,1H3. The lowest BCUT2D eigenvalue weighted by atomic mass is 10.3. The van der Waals surface area contributed by atoms with Gasteiger partial charge in [0.15, 0.2) is 0 Å². The monoisotopic (exact) mass is 356 g/mol. The van der Waals surface area contributed by atoms with Crippen molar-refractivity contribution < 1.29 is 9.05 Å². The number of hydrogen-bond acceptors (Lipinski definition) is 3. The summed E-state index contributed by atoms with van der Waals surface area (Å²) < 4.78 is 12.7. The first-order valence-corrected chi connectivity index (χ1v) is 9.32. The highest BCUT2D eigenvalue weighted by molar-refractivity contribution is 9.10. The summed E-state index contributed by atoms with van der Waals surface area (Å²) in [6, 6.07) is 17.4. The van der Waals surface area contributed by atoms with Gasteiger partial charge in [-0.1, -0.05) is 34.1 Å². The maximum absolute atomic E-state index is 5.97. The number of hydrogen-bond donors (Lipinski definition) is 0. The average Bonchev–Trinajstić information content (AvgIpc) is 2.43. The van der Waals surface area contributed by atoms with Crippen LogP contribution in [0.2, 0.25) is 0 Å². The van der Waals surface area contributed by atoms with Crippen LogP contribution in [0.15, 0.2) is 59.1 Å². The summed E-state index contributed by atoms with van der Waals surface area (Å²) in [4.78, 5) is 0. The van der Waals surface area contributed by atoms with Crippen molar-refractivity contribution in [1.29, 1.82) is 0 Å². The van der Waals surface area contributed by atoms with Crippen LogP contribution in [0.3, 0.4) is 0 Å². The molecule has 5 heteroatoms. The van der Waals surface area contributed by atoms with Crippen LogP contribution in [0.25, 0.3) is 0 Å². The molecule has 0 aliphatic carbocycles. The lowest BCUT2D eigenvalue weighted by molar-refractivity contribution is 0.339. The second-order valence-electron chi connectivity index (χ2n) is 3.80. The molecule has 0 N–H and O–H groups in total. The molecule has 2 aromatic rings. The Morgan fingerprint density at radius 2 is 1.68 bits per heavy atom. The van der Waals surface area contributed by atoms with E-state index < -0.39 is 6.49 Å². The molecule has 0 saturated heterocycles. The number of benzene rings is 2. The fourth-order valence-electron chi connectivity index (χ4n) is 1.57. The molecule has 0 heterocycles. The molecule has 0 aliphatic rings. The second-order valence-corrected chi connectivity index (χ2v) is 8.11. The molecule has 0 saturated carbocycles. The molecule has 0 aromatic heterocycles. The smallest absolute Gasteiger partial charge is 0.269 e. The second kappa shape index (κ2) is 6.67. The van der Waals surface area contributed by atoms with E-state index >= 15 is 0 Å². The summed E-state index contributed by atoms with van der Waals surface area (Å²) in [5.74, 6) is 0.726. The van der Waals surface area contributed by atoms with Crippen LogP contribution in [0.5, 0.6) is 5.75 Å². The van der Waals surface area contributed by atoms with Gasteiger partial charge in [0.1, 0.15) is 5.75 Å². The molecule has 0 fully saturated rings. The molecular formula is C14H14BrO2PS. The lowest BCUT2D eigenvalue weighted by Crippen LogP contribution is -2.11. The summed E-state index contributed by atoms with van der Waals surface area (Å²) in [5.41, 5.74) is 0. The Morgan fingerprint density at radius 3 is 2.26 bits per heavy atom. The zero-order chi connectivity index (χ0) is 13.7. The minimum absolute atomic E-state index is 0.530.